The van der Waals surface area contributed by atoms with Crippen molar-refractivity contribution in [2.75, 3.05) is 0 Å². The summed E-state index contributed by atoms with van der Waals surface area (Å²) in [5.41, 5.74) is 6.09. The molecule has 1 aromatic carbocycles. The molecule has 21 heavy (non-hydrogen) atoms. The van der Waals surface area contributed by atoms with Crippen molar-refractivity contribution in [1.82, 2.24) is 4.98 Å². The highest BCUT2D eigenvalue weighted by molar-refractivity contribution is 7.12. The average molecular weight is 296 g/mol. The topological polar surface area (TPSA) is 56.0 Å². The summed E-state index contributed by atoms with van der Waals surface area (Å²) in [6.07, 6.45) is 10.9. The van der Waals surface area contributed by atoms with E-state index in [2.05, 4.69) is 17.1 Å². The van der Waals surface area contributed by atoms with Crippen molar-refractivity contribution in [3.8, 4) is 0 Å². The molecule has 0 radical (unpaired) electrons. The first-order valence-electron chi connectivity index (χ1n) is 6.84. The molecule has 1 aliphatic rings. The highest BCUT2D eigenvalue weighted by atomic mass is 32.1. The Kier molecular flexibility index (Phi) is 3.71. The van der Waals surface area contributed by atoms with Crippen LogP contribution in [0.3, 0.4) is 0 Å². The van der Waals surface area contributed by atoms with Crippen LogP contribution in [0.15, 0.2) is 60.8 Å². The Bertz CT molecular complexity index is 703. The van der Waals surface area contributed by atoms with E-state index in [1.807, 2.05) is 48.7 Å². The van der Waals surface area contributed by atoms with E-state index in [0.717, 1.165) is 16.3 Å². The molecule has 0 fully saturated rings. The van der Waals surface area contributed by atoms with Gasteiger partial charge in [-0.1, -0.05) is 54.6 Å². The van der Waals surface area contributed by atoms with Crippen molar-refractivity contribution >= 4 is 17.2 Å². The van der Waals surface area contributed by atoms with E-state index in [4.69, 9.17) is 5.73 Å². The summed E-state index contributed by atoms with van der Waals surface area (Å²) in [7, 11) is 0. The van der Waals surface area contributed by atoms with Crippen LogP contribution in [0.1, 0.15) is 21.9 Å². The largest absolute Gasteiger partial charge is 0.369 e. The van der Waals surface area contributed by atoms with Gasteiger partial charge in [-0.05, 0) is 12.0 Å². The Balaban J connectivity index is 1.88. The fraction of sp³-hybridized carbons (Fsp3) is 0.176. The Labute approximate surface area is 127 Å². The summed E-state index contributed by atoms with van der Waals surface area (Å²) in [5.74, 6) is -0.344. The molecular formula is C17H16N2OS. The summed E-state index contributed by atoms with van der Waals surface area (Å²) in [6.45, 7) is 0. The van der Waals surface area contributed by atoms with Crippen molar-refractivity contribution in [1.29, 1.82) is 0 Å². The second-order valence-corrected chi connectivity index (χ2v) is 6.24. The summed E-state index contributed by atoms with van der Waals surface area (Å²) in [5, 5.41) is 0.779. The molecule has 4 heteroatoms. The number of carbonyl (C=O) groups excluding carboxylic acids is 1. The number of benzene rings is 1. The number of nitrogens with zero attached hydrogens (tertiary/aromatic N) is 1. The number of rotatable bonds is 4. The van der Waals surface area contributed by atoms with Gasteiger partial charge in [0.2, 0.25) is 5.91 Å². The number of amides is 1. The Hall–Kier alpha value is -2.20. The highest BCUT2D eigenvalue weighted by Gasteiger charge is 2.38. The Morgan fingerprint density at radius 2 is 2.10 bits per heavy atom. The maximum Gasteiger partial charge on any atom is 0.234 e. The summed E-state index contributed by atoms with van der Waals surface area (Å²) in [6, 6.07) is 10.2. The quantitative estimate of drug-likeness (QED) is 0.943. The maximum absolute atomic E-state index is 11.9. The molecule has 0 spiro atoms. The van der Waals surface area contributed by atoms with Crippen LogP contribution in [-0.4, -0.2) is 10.9 Å². The zero-order valence-electron chi connectivity index (χ0n) is 11.5. The summed E-state index contributed by atoms with van der Waals surface area (Å²) >= 11 is 1.56. The second kappa shape index (κ2) is 5.66. The molecule has 2 aromatic rings. The van der Waals surface area contributed by atoms with Gasteiger partial charge in [0.15, 0.2) is 0 Å². The molecule has 3 nitrogen and oxygen atoms in total. The maximum atomic E-state index is 11.9. The first kappa shape index (κ1) is 13.8. The van der Waals surface area contributed by atoms with E-state index < -0.39 is 5.41 Å². The number of carbonyl (C=O) groups is 1. The number of hydrogen-bond donors (Lipinski definition) is 1. The molecule has 3 rings (SSSR count). The number of allylic oxidation sites excluding steroid dienone is 3. The smallest absolute Gasteiger partial charge is 0.234 e. The first-order valence-corrected chi connectivity index (χ1v) is 7.66. The highest BCUT2D eigenvalue weighted by Crippen LogP contribution is 2.35. The lowest BCUT2D eigenvalue weighted by Crippen LogP contribution is -2.39. The Morgan fingerprint density at radius 1 is 1.29 bits per heavy atom. The van der Waals surface area contributed by atoms with Crippen LogP contribution in [-0.2, 0) is 16.6 Å². The van der Waals surface area contributed by atoms with E-state index in [1.165, 1.54) is 5.56 Å². The van der Waals surface area contributed by atoms with Crippen molar-refractivity contribution in [3.05, 3.63) is 76.3 Å². The van der Waals surface area contributed by atoms with Gasteiger partial charge >= 0.3 is 0 Å². The van der Waals surface area contributed by atoms with Gasteiger partial charge in [0.05, 0.1) is 0 Å². The predicted molar refractivity (Wildman–Crippen MR) is 85.1 cm³/mol. The molecule has 1 heterocycles. The van der Waals surface area contributed by atoms with Crippen molar-refractivity contribution < 1.29 is 4.79 Å². The van der Waals surface area contributed by atoms with E-state index in [-0.39, 0.29) is 5.91 Å². The normalized spacial score (nSPS) is 20.6. The molecular weight excluding hydrogens is 280 g/mol. The predicted octanol–water partition coefficient (Wildman–Crippen LogP) is 2.97. The zero-order valence-corrected chi connectivity index (χ0v) is 12.3. The Morgan fingerprint density at radius 3 is 2.76 bits per heavy atom. The molecule has 106 valence electrons. The number of aromatic nitrogens is 1. The van der Waals surface area contributed by atoms with Gasteiger partial charge in [-0.15, -0.1) is 11.3 Å². The van der Waals surface area contributed by atoms with Crippen molar-refractivity contribution in [2.45, 2.75) is 18.3 Å². The van der Waals surface area contributed by atoms with Crippen LogP contribution in [0, 0.1) is 0 Å². The minimum Gasteiger partial charge on any atom is -0.369 e. The number of thiazole rings is 1. The fourth-order valence-corrected chi connectivity index (χ4v) is 3.59. The molecule has 0 aliphatic heterocycles. The lowest BCUT2D eigenvalue weighted by molar-refractivity contribution is -0.121. The monoisotopic (exact) mass is 296 g/mol. The second-order valence-electron chi connectivity index (χ2n) is 5.12. The van der Waals surface area contributed by atoms with Gasteiger partial charge < -0.3 is 5.73 Å². The third-order valence-electron chi connectivity index (χ3n) is 3.66. The minimum absolute atomic E-state index is 0.344. The fourth-order valence-electron chi connectivity index (χ4n) is 2.46. The lowest BCUT2D eigenvalue weighted by atomic mass is 9.81. The summed E-state index contributed by atoms with van der Waals surface area (Å²) < 4.78 is 0. The SMILES string of the molecule is NC(=O)C1(c2ncc(Cc3ccccc3)s2)C=CC=CC1. The van der Waals surface area contributed by atoms with E-state index in [0.29, 0.717) is 6.42 Å². The van der Waals surface area contributed by atoms with Gasteiger partial charge in [0, 0.05) is 17.5 Å². The first-order chi connectivity index (χ1) is 10.2. The van der Waals surface area contributed by atoms with Gasteiger partial charge in [-0.25, -0.2) is 4.98 Å². The molecule has 1 amide bonds. The number of primary amides is 1. The van der Waals surface area contributed by atoms with Gasteiger partial charge in [0.1, 0.15) is 10.4 Å². The molecule has 0 saturated heterocycles. The average Bonchev–Trinajstić information content (AvgIpc) is 2.98. The molecule has 2 N–H and O–H groups in total. The molecule has 1 unspecified atom stereocenters. The summed E-state index contributed by atoms with van der Waals surface area (Å²) in [4.78, 5) is 17.5. The van der Waals surface area contributed by atoms with Gasteiger partial charge in [-0.2, -0.15) is 0 Å². The molecule has 1 aromatic heterocycles. The molecule has 1 aliphatic carbocycles. The standard InChI is InChI=1S/C17H16N2OS/c18-15(20)17(9-5-2-6-10-17)16-19-12-14(21-16)11-13-7-3-1-4-8-13/h1-9,12H,10-11H2,(H2,18,20). The van der Waals surface area contributed by atoms with Crippen LogP contribution in [0.25, 0.3) is 0 Å². The van der Waals surface area contributed by atoms with Crippen LogP contribution < -0.4 is 5.73 Å². The minimum atomic E-state index is -0.783. The van der Waals surface area contributed by atoms with E-state index >= 15 is 0 Å². The third-order valence-corrected chi connectivity index (χ3v) is 4.84. The van der Waals surface area contributed by atoms with Crippen LogP contribution in [0.5, 0.6) is 0 Å². The number of nitrogens with two attached hydrogens (primary N) is 1. The van der Waals surface area contributed by atoms with E-state index in [9.17, 15) is 4.79 Å². The van der Waals surface area contributed by atoms with Crippen LogP contribution in [0.2, 0.25) is 0 Å². The van der Waals surface area contributed by atoms with Crippen LogP contribution >= 0.6 is 11.3 Å². The van der Waals surface area contributed by atoms with E-state index in [1.54, 1.807) is 11.3 Å². The molecule has 0 saturated carbocycles. The van der Waals surface area contributed by atoms with Crippen molar-refractivity contribution in [2.24, 2.45) is 5.73 Å². The molecule has 1 atom stereocenters. The molecule has 0 bridgehead atoms. The zero-order chi connectivity index (χ0) is 14.7. The third kappa shape index (κ3) is 2.67. The van der Waals surface area contributed by atoms with Crippen molar-refractivity contribution in [3.63, 3.8) is 0 Å². The number of hydrogen-bond acceptors (Lipinski definition) is 3. The van der Waals surface area contributed by atoms with Crippen LogP contribution in [0.4, 0.5) is 0 Å². The van der Waals surface area contributed by atoms with Gasteiger partial charge in [-0.3, -0.25) is 4.79 Å². The lowest BCUT2D eigenvalue weighted by Gasteiger charge is -2.25. The van der Waals surface area contributed by atoms with Gasteiger partial charge in [0.25, 0.3) is 0 Å².